The van der Waals surface area contributed by atoms with Crippen molar-refractivity contribution in [3.63, 3.8) is 0 Å². The van der Waals surface area contributed by atoms with Gasteiger partial charge >= 0.3 is 0 Å². The number of hydrogen-bond donors (Lipinski definition) is 2. The lowest BCUT2D eigenvalue weighted by Crippen LogP contribution is -2.40. The highest BCUT2D eigenvalue weighted by atomic mass is 16.3. The Bertz CT molecular complexity index is 538. The van der Waals surface area contributed by atoms with Crippen LogP contribution in [0.25, 0.3) is 0 Å². The van der Waals surface area contributed by atoms with Gasteiger partial charge < -0.3 is 15.3 Å². The summed E-state index contributed by atoms with van der Waals surface area (Å²) in [6.45, 7) is 1.65. The SMILES string of the molecule is O=C(c1cccc(NC2CCCCCC2)c1)N1CCC[C@H](CO)C1. The maximum absolute atomic E-state index is 12.8. The van der Waals surface area contributed by atoms with Crippen molar-refractivity contribution in [2.75, 3.05) is 25.0 Å². The molecule has 0 bridgehead atoms. The number of rotatable bonds is 4. The number of likely N-dealkylation sites (tertiary alicyclic amines) is 1. The van der Waals surface area contributed by atoms with E-state index in [0.29, 0.717) is 12.6 Å². The number of piperidine rings is 1. The molecule has 4 heteroatoms. The molecule has 3 rings (SSSR count). The van der Waals surface area contributed by atoms with E-state index in [0.717, 1.165) is 30.6 Å². The van der Waals surface area contributed by atoms with Gasteiger partial charge in [0.15, 0.2) is 0 Å². The average molecular weight is 330 g/mol. The molecule has 2 aliphatic rings. The largest absolute Gasteiger partial charge is 0.396 e. The van der Waals surface area contributed by atoms with Gasteiger partial charge in [0, 0.05) is 37.0 Å². The first-order chi connectivity index (χ1) is 11.8. The minimum absolute atomic E-state index is 0.0951. The van der Waals surface area contributed by atoms with E-state index in [1.165, 1.54) is 38.5 Å². The molecule has 1 atom stereocenters. The van der Waals surface area contributed by atoms with E-state index in [4.69, 9.17) is 0 Å². The Morgan fingerprint density at radius 2 is 1.92 bits per heavy atom. The van der Waals surface area contributed by atoms with Crippen LogP contribution in [0.4, 0.5) is 5.69 Å². The topological polar surface area (TPSA) is 52.6 Å². The number of carbonyl (C=O) groups excluding carboxylic acids is 1. The molecule has 1 amide bonds. The minimum Gasteiger partial charge on any atom is -0.396 e. The van der Waals surface area contributed by atoms with Crippen LogP contribution in [-0.2, 0) is 0 Å². The molecule has 0 aromatic heterocycles. The first-order valence-corrected chi connectivity index (χ1v) is 9.53. The van der Waals surface area contributed by atoms with Crippen molar-refractivity contribution < 1.29 is 9.90 Å². The predicted molar refractivity (Wildman–Crippen MR) is 97.3 cm³/mol. The van der Waals surface area contributed by atoms with E-state index >= 15 is 0 Å². The van der Waals surface area contributed by atoms with Crippen LogP contribution >= 0.6 is 0 Å². The zero-order valence-electron chi connectivity index (χ0n) is 14.5. The normalized spacial score (nSPS) is 22.9. The zero-order chi connectivity index (χ0) is 16.8. The summed E-state index contributed by atoms with van der Waals surface area (Å²) in [6.07, 6.45) is 9.74. The van der Waals surface area contributed by atoms with E-state index in [9.17, 15) is 9.90 Å². The number of aliphatic hydroxyl groups is 1. The molecule has 1 aliphatic heterocycles. The van der Waals surface area contributed by atoms with Crippen LogP contribution in [0.1, 0.15) is 61.7 Å². The lowest BCUT2D eigenvalue weighted by atomic mass is 9.98. The number of benzene rings is 1. The predicted octanol–water partition coefficient (Wildman–Crippen LogP) is 3.67. The Kier molecular flexibility index (Phi) is 6.13. The van der Waals surface area contributed by atoms with Crippen LogP contribution in [0.15, 0.2) is 24.3 Å². The maximum atomic E-state index is 12.8. The summed E-state index contributed by atoms with van der Waals surface area (Å²) in [5.41, 5.74) is 1.82. The number of nitrogens with zero attached hydrogens (tertiary/aromatic N) is 1. The first-order valence-electron chi connectivity index (χ1n) is 9.53. The Morgan fingerprint density at radius 1 is 1.12 bits per heavy atom. The van der Waals surface area contributed by atoms with E-state index < -0.39 is 0 Å². The summed E-state index contributed by atoms with van der Waals surface area (Å²) in [5, 5.41) is 13.0. The Balaban J connectivity index is 1.64. The highest BCUT2D eigenvalue weighted by Gasteiger charge is 2.24. The highest BCUT2D eigenvalue weighted by Crippen LogP contribution is 2.23. The van der Waals surface area contributed by atoms with Crippen LogP contribution in [0, 0.1) is 5.92 Å². The number of amides is 1. The summed E-state index contributed by atoms with van der Waals surface area (Å²) in [4.78, 5) is 14.7. The molecule has 0 radical (unpaired) electrons. The van der Waals surface area contributed by atoms with E-state index in [-0.39, 0.29) is 18.4 Å². The molecular formula is C20H30N2O2. The van der Waals surface area contributed by atoms with Gasteiger partial charge in [-0.2, -0.15) is 0 Å². The van der Waals surface area contributed by atoms with Crippen molar-refractivity contribution in [2.24, 2.45) is 5.92 Å². The van der Waals surface area contributed by atoms with Crippen molar-refractivity contribution >= 4 is 11.6 Å². The lowest BCUT2D eigenvalue weighted by molar-refractivity contribution is 0.0621. The van der Waals surface area contributed by atoms with Gasteiger partial charge in [-0.15, -0.1) is 0 Å². The molecule has 1 aromatic carbocycles. The van der Waals surface area contributed by atoms with E-state index in [1.807, 2.05) is 23.1 Å². The number of hydrogen-bond acceptors (Lipinski definition) is 3. The molecule has 2 N–H and O–H groups in total. The molecule has 1 aliphatic carbocycles. The van der Waals surface area contributed by atoms with Crippen LogP contribution in [0.2, 0.25) is 0 Å². The van der Waals surface area contributed by atoms with E-state index in [1.54, 1.807) is 0 Å². The first kappa shape index (κ1) is 17.3. The monoisotopic (exact) mass is 330 g/mol. The fourth-order valence-corrected chi connectivity index (χ4v) is 3.98. The third-order valence-corrected chi connectivity index (χ3v) is 5.40. The van der Waals surface area contributed by atoms with Crippen LogP contribution in [0.5, 0.6) is 0 Å². The fraction of sp³-hybridized carbons (Fsp3) is 0.650. The van der Waals surface area contributed by atoms with Crippen LogP contribution in [-0.4, -0.2) is 41.7 Å². The van der Waals surface area contributed by atoms with Crippen molar-refractivity contribution in [3.05, 3.63) is 29.8 Å². The maximum Gasteiger partial charge on any atom is 0.253 e. The average Bonchev–Trinajstić information content (AvgIpc) is 2.90. The summed E-state index contributed by atoms with van der Waals surface area (Å²) >= 11 is 0. The van der Waals surface area contributed by atoms with Gasteiger partial charge in [-0.05, 0) is 49.8 Å². The summed E-state index contributed by atoms with van der Waals surface area (Å²) < 4.78 is 0. The van der Waals surface area contributed by atoms with Gasteiger partial charge in [-0.25, -0.2) is 0 Å². The molecule has 24 heavy (non-hydrogen) atoms. The molecule has 2 fully saturated rings. The molecule has 132 valence electrons. The van der Waals surface area contributed by atoms with Crippen LogP contribution in [0.3, 0.4) is 0 Å². The number of aliphatic hydroxyl groups excluding tert-OH is 1. The van der Waals surface area contributed by atoms with E-state index in [2.05, 4.69) is 11.4 Å². The molecule has 1 heterocycles. The molecule has 4 nitrogen and oxygen atoms in total. The Labute approximate surface area is 145 Å². The third-order valence-electron chi connectivity index (χ3n) is 5.40. The summed E-state index contributed by atoms with van der Waals surface area (Å²) in [5.74, 6) is 0.327. The van der Waals surface area contributed by atoms with Gasteiger partial charge in [0.25, 0.3) is 5.91 Å². The van der Waals surface area contributed by atoms with Gasteiger partial charge in [-0.3, -0.25) is 4.79 Å². The molecule has 0 spiro atoms. The third kappa shape index (κ3) is 4.50. The molecule has 1 saturated carbocycles. The molecule has 1 aromatic rings. The Hall–Kier alpha value is -1.55. The number of nitrogens with one attached hydrogen (secondary N) is 1. The summed E-state index contributed by atoms with van der Waals surface area (Å²) in [6, 6.07) is 8.47. The molecule has 1 saturated heterocycles. The quantitative estimate of drug-likeness (QED) is 0.828. The second kappa shape index (κ2) is 8.52. The van der Waals surface area contributed by atoms with Crippen molar-refractivity contribution in [1.29, 1.82) is 0 Å². The fourth-order valence-electron chi connectivity index (χ4n) is 3.98. The molecule has 0 unspecified atom stereocenters. The highest BCUT2D eigenvalue weighted by molar-refractivity contribution is 5.95. The second-order valence-corrected chi connectivity index (χ2v) is 7.36. The van der Waals surface area contributed by atoms with Gasteiger partial charge in [0.2, 0.25) is 0 Å². The smallest absolute Gasteiger partial charge is 0.253 e. The number of anilines is 1. The molecular weight excluding hydrogens is 300 g/mol. The lowest BCUT2D eigenvalue weighted by Gasteiger charge is -2.32. The van der Waals surface area contributed by atoms with Crippen LogP contribution < -0.4 is 5.32 Å². The summed E-state index contributed by atoms with van der Waals surface area (Å²) in [7, 11) is 0. The van der Waals surface area contributed by atoms with Gasteiger partial charge in [-0.1, -0.05) is 31.7 Å². The van der Waals surface area contributed by atoms with Gasteiger partial charge in [0.1, 0.15) is 0 Å². The van der Waals surface area contributed by atoms with Crippen molar-refractivity contribution in [2.45, 2.75) is 57.4 Å². The van der Waals surface area contributed by atoms with Crippen molar-refractivity contribution in [3.8, 4) is 0 Å². The number of carbonyl (C=O) groups is 1. The zero-order valence-corrected chi connectivity index (χ0v) is 14.5. The standard InChI is InChI=1S/C20H30N2O2/c23-15-16-7-6-12-22(14-16)20(24)17-8-5-11-19(13-17)21-18-9-3-1-2-4-10-18/h5,8,11,13,16,18,21,23H,1-4,6-7,9-10,12,14-15H2/t16-/m0/s1. The minimum atomic E-state index is 0.0951. The van der Waals surface area contributed by atoms with Gasteiger partial charge in [0.05, 0.1) is 0 Å². The Morgan fingerprint density at radius 3 is 2.67 bits per heavy atom. The second-order valence-electron chi connectivity index (χ2n) is 7.36. The van der Waals surface area contributed by atoms with Crippen molar-refractivity contribution in [1.82, 2.24) is 4.90 Å².